The van der Waals surface area contributed by atoms with E-state index in [-0.39, 0.29) is 18.4 Å². The molecule has 1 aromatic heterocycles. The number of pyridine rings is 1. The van der Waals surface area contributed by atoms with Crippen molar-refractivity contribution in [2.75, 3.05) is 11.9 Å². The topological polar surface area (TPSA) is 91.4 Å². The molecule has 2 aliphatic rings. The molecule has 0 radical (unpaired) electrons. The van der Waals surface area contributed by atoms with Gasteiger partial charge in [0, 0.05) is 6.20 Å². The van der Waals surface area contributed by atoms with Gasteiger partial charge in [-0.1, -0.05) is 25.8 Å². The van der Waals surface area contributed by atoms with Crippen LogP contribution in [0.4, 0.5) is 10.6 Å². The third kappa shape index (κ3) is 2.78. The maximum Gasteiger partial charge on any atom is 0.325 e. The molecule has 122 valence electrons. The summed E-state index contributed by atoms with van der Waals surface area (Å²) in [5.41, 5.74) is -0.833. The third-order valence-electron chi connectivity index (χ3n) is 4.74. The zero-order valence-corrected chi connectivity index (χ0v) is 13.0. The predicted molar refractivity (Wildman–Crippen MR) is 83.5 cm³/mol. The van der Waals surface area contributed by atoms with Gasteiger partial charge in [-0.15, -0.1) is 0 Å². The zero-order valence-electron chi connectivity index (χ0n) is 13.0. The van der Waals surface area contributed by atoms with Crippen molar-refractivity contribution in [2.45, 2.75) is 38.1 Å². The van der Waals surface area contributed by atoms with Crippen LogP contribution < -0.4 is 10.6 Å². The molecule has 3 rings (SSSR count). The largest absolute Gasteiger partial charge is 0.325 e. The first-order valence-electron chi connectivity index (χ1n) is 7.88. The molecule has 23 heavy (non-hydrogen) atoms. The Kier molecular flexibility index (Phi) is 4.02. The highest BCUT2D eigenvalue weighted by Gasteiger charge is 2.55. The zero-order chi connectivity index (χ0) is 16.4. The van der Waals surface area contributed by atoms with E-state index in [1.54, 1.807) is 24.4 Å². The predicted octanol–water partition coefficient (Wildman–Crippen LogP) is 1.52. The minimum Gasteiger partial charge on any atom is -0.323 e. The first-order valence-corrected chi connectivity index (χ1v) is 7.88. The molecule has 1 saturated carbocycles. The summed E-state index contributed by atoms with van der Waals surface area (Å²) < 4.78 is 0. The smallest absolute Gasteiger partial charge is 0.323 e. The molecule has 7 nitrogen and oxygen atoms in total. The second kappa shape index (κ2) is 5.98. The Hall–Kier alpha value is -2.44. The van der Waals surface area contributed by atoms with E-state index in [4.69, 9.17) is 0 Å². The molecule has 0 bridgehead atoms. The number of hydrogen-bond acceptors (Lipinski definition) is 4. The number of nitrogens with one attached hydrogen (secondary N) is 2. The van der Waals surface area contributed by atoms with E-state index in [2.05, 4.69) is 15.6 Å². The van der Waals surface area contributed by atoms with Gasteiger partial charge in [-0.3, -0.25) is 14.5 Å². The lowest BCUT2D eigenvalue weighted by molar-refractivity contribution is -0.136. The lowest BCUT2D eigenvalue weighted by Crippen LogP contribution is -2.54. The molecule has 1 spiro atoms. The van der Waals surface area contributed by atoms with Crippen LogP contribution >= 0.6 is 0 Å². The molecule has 1 aliphatic heterocycles. The minimum absolute atomic E-state index is 0.0801. The maximum atomic E-state index is 12.7. The highest BCUT2D eigenvalue weighted by atomic mass is 16.2. The van der Waals surface area contributed by atoms with Gasteiger partial charge in [-0.2, -0.15) is 0 Å². The van der Waals surface area contributed by atoms with Crippen molar-refractivity contribution in [3.63, 3.8) is 0 Å². The number of imide groups is 1. The fourth-order valence-electron chi connectivity index (χ4n) is 3.40. The van der Waals surface area contributed by atoms with Crippen molar-refractivity contribution >= 4 is 23.7 Å². The Balaban J connectivity index is 1.69. The van der Waals surface area contributed by atoms with Crippen LogP contribution in [0.2, 0.25) is 0 Å². The normalized spacial score (nSPS) is 27.2. The van der Waals surface area contributed by atoms with Gasteiger partial charge in [0.15, 0.2) is 0 Å². The summed E-state index contributed by atoms with van der Waals surface area (Å²) >= 11 is 0. The third-order valence-corrected chi connectivity index (χ3v) is 4.74. The van der Waals surface area contributed by atoms with Crippen molar-refractivity contribution in [3.05, 3.63) is 24.4 Å². The summed E-state index contributed by atoms with van der Waals surface area (Å²) in [4.78, 5) is 42.0. The number of carbonyl (C=O) groups is 3. The molecule has 2 heterocycles. The number of nitrogens with zero attached hydrogens (tertiary/aromatic N) is 2. The van der Waals surface area contributed by atoms with E-state index in [1.807, 2.05) is 6.92 Å². The van der Waals surface area contributed by atoms with E-state index < -0.39 is 17.5 Å². The quantitative estimate of drug-likeness (QED) is 0.827. The maximum absolute atomic E-state index is 12.7. The van der Waals surface area contributed by atoms with Crippen LogP contribution in [0.3, 0.4) is 0 Å². The number of urea groups is 1. The van der Waals surface area contributed by atoms with Crippen molar-refractivity contribution in [1.29, 1.82) is 0 Å². The van der Waals surface area contributed by atoms with Crippen molar-refractivity contribution < 1.29 is 14.4 Å². The van der Waals surface area contributed by atoms with Gasteiger partial charge in [0.25, 0.3) is 5.91 Å². The Morgan fingerprint density at radius 3 is 2.96 bits per heavy atom. The van der Waals surface area contributed by atoms with Crippen molar-refractivity contribution in [2.24, 2.45) is 5.92 Å². The second-order valence-electron chi connectivity index (χ2n) is 6.20. The molecule has 4 amide bonds. The van der Waals surface area contributed by atoms with Gasteiger partial charge in [-0.25, -0.2) is 9.78 Å². The second-order valence-corrected chi connectivity index (χ2v) is 6.20. The average molecular weight is 316 g/mol. The first kappa shape index (κ1) is 15.5. The number of hydrogen-bond donors (Lipinski definition) is 2. The van der Waals surface area contributed by atoms with Gasteiger partial charge in [0.05, 0.1) is 0 Å². The summed E-state index contributed by atoms with van der Waals surface area (Å²) in [5, 5.41) is 5.42. The van der Waals surface area contributed by atoms with Crippen LogP contribution in [0.25, 0.3) is 0 Å². The molecule has 7 heteroatoms. The lowest BCUT2D eigenvalue weighted by atomic mass is 9.73. The standard InChI is InChI=1S/C16H20N4O3/c1-11-6-2-4-8-16(11)14(22)20(15(23)19-16)10-13(21)18-12-7-3-5-9-17-12/h3,5,7,9,11H,2,4,6,8,10H2,1H3,(H,19,23)(H,17,18,21). The van der Waals surface area contributed by atoms with E-state index in [0.29, 0.717) is 12.2 Å². The van der Waals surface area contributed by atoms with Gasteiger partial charge in [0.2, 0.25) is 5.91 Å². The summed E-state index contributed by atoms with van der Waals surface area (Å²) in [6.07, 6.45) is 5.07. The molecule has 2 unspecified atom stereocenters. The fourth-order valence-corrected chi connectivity index (χ4v) is 3.40. The van der Waals surface area contributed by atoms with Gasteiger partial charge >= 0.3 is 6.03 Å². The van der Waals surface area contributed by atoms with Crippen LogP contribution in [0, 0.1) is 5.92 Å². The molecule has 1 aromatic rings. The molecule has 0 aromatic carbocycles. The molecular formula is C16H20N4O3. The molecule has 2 fully saturated rings. The molecule has 1 aliphatic carbocycles. The van der Waals surface area contributed by atoms with E-state index in [0.717, 1.165) is 24.2 Å². The van der Waals surface area contributed by atoms with Crippen LogP contribution in [0.1, 0.15) is 32.6 Å². The number of rotatable bonds is 3. The van der Waals surface area contributed by atoms with E-state index in [1.165, 1.54) is 0 Å². The first-order chi connectivity index (χ1) is 11.0. The van der Waals surface area contributed by atoms with E-state index >= 15 is 0 Å². The Labute approximate surface area is 134 Å². The molecular weight excluding hydrogens is 296 g/mol. The summed E-state index contributed by atoms with van der Waals surface area (Å²) in [5.74, 6) is -0.250. The highest BCUT2D eigenvalue weighted by Crippen LogP contribution is 2.38. The SMILES string of the molecule is CC1CCCCC12NC(=O)N(CC(=O)Nc1ccccn1)C2=O. The number of carbonyl (C=O) groups excluding carboxylic acids is 3. The molecule has 2 atom stereocenters. The van der Waals surface area contributed by atoms with Crippen LogP contribution in [0.15, 0.2) is 24.4 Å². The molecule has 2 N–H and O–H groups in total. The van der Waals surface area contributed by atoms with Crippen LogP contribution in [-0.4, -0.2) is 39.8 Å². The van der Waals surface area contributed by atoms with Crippen molar-refractivity contribution in [1.82, 2.24) is 15.2 Å². The van der Waals surface area contributed by atoms with Gasteiger partial charge in [0.1, 0.15) is 17.9 Å². The van der Waals surface area contributed by atoms with Crippen LogP contribution in [0.5, 0.6) is 0 Å². The number of anilines is 1. The lowest BCUT2D eigenvalue weighted by Gasteiger charge is -2.36. The minimum atomic E-state index is -0.833. The Morgan fingerprint density at radius 2 is 2.26 bits per heavy atom. The Bertz CT molecular complexity index is 633. The average Bonchev–Trinajstić information content (AvgIpc) is 2.76. The summed E-state index contributed by atoms with van der Waals surface area (Å²) in [6.45, 7) is 1.69. The molecule has 1 saturated heterocycles. The van der Waals surface area contributed by atoms with Crippen LogP contribution in [-0.2, 0) is 9.59 Å². The van der Waals surface area contributed by atoms with Gasteiger partial charge < -0.3 is 10.6 Å². The summed E-state index contributed by atoms with van der Waals surface area (Å²) in [7, 11) is 0. The Morgan fingerprint density at radius 1 is 1.43 bits per heavy atom. The monoisotopic (exact) mass is 316 g/mol. The highest BCUT2D eigenvalue weighted by molar-refractivity contribution is 6.10. The number of aromatic nitrogens is 1. The van der Waals surface area contributed by atoms with Gasteiger partial charge in [-0.05, 0) is 30.9 Å². The van der Waals surface area contributed by atoms with Crippen molar-refractivity contribution in [3.8, 4) is 0 Å². The summed E-state index contributed by atoms with van der Waals surface area (Å²) in [6, 6.07) is 4.64. The fraction of sp³-hybridized carbons (Fsp3) is 0.500. The number of amides is 4. The van der Waals surface area contributed by atoms with E-state index in [9.17, 15) is 14.4 Å².